The Labute approximate surface area is 156 Å². The molecule has 0 N–H and O–H groups in total. The van der Waals surface area contributed by atoms with Crippen molar-refractivity contribution in [1.29, 1.82) is 0 Å². The number of ether oxygens (including phenoxy) is 1. The van der Waals surface area contributed by atoms with Crippen LogP contribution in [-0.2, 0) is 10.0 Å². The lowest BCUT2D eigenvalue weighted by Gasteiger charge is -2.25. The van der Waals surface area contributed by atoms with E-state index in [-0.39, 0.29) is 33.4 Å². The van der Waals surface area contributed by atoms with E-state index in [9.17, 15) is 18.5 Å². The molecular weight excluding hydrogens is 380 g/mol. The minimum atomic E-state index is -4.03. The Bertz CT molecular complexity index is 960. The molecule has 0 aliphatic rings. The molecule has 9 heteroatoms. The molecule has 2 rings (SSSR count). The van der Waals surface area contributed by atoms with Crippen molar-refractivity contribution in [3.05, 3.63) is 69.8 Å². The van der Waals surface area contributed by atoms with Crippen molar-refractivity contribution in [2.75, 3.05) is 18.0 Å². The summed E-state index contributed by atoms with van der Waals surface area (Å²) < 4.78 is 32.3. The highest BCUT2D eigenvalue weighted by atomic mass is 35.5. The largest absolute Gasteiger partial charge is 0.495 e. The molecule has 0 saturated heterocycles. The van der Waals surface area contributed by atoms with Crippen LogP contribution in [0, 0.1) is 17.0 Å². The molecule has 7 nitrogen and oxygen atoms in total. The number of nitro benzene ring substituents is 1. The van der Waals surface area contributed by atoms with Gasteiger partial charge in [0.05, 0.1) is 39.7 Å². The van der Waals surface area contributed by atoms with E-state index in [2.05, 4.69) is 6.58 Å². The lowest BCUT2D eigenvalue weighted by molar-refractivity contribution is -0.385. The fraction of sp³-hybridized carbons (Fsp3) is 0.176. The first-order valence-corrected chi connectivity index (χ1v) is 9.27. The summed E-state index contributed by atoms with van der Waals surface area (Å²) in [5.41, 5.74) is 0.271. The van der Waals surface area contributed by atoms with E-state index in [4.69, 9.17) is 16.3 Å². The average molecular weight is 397 g/mol. The van der Waals surface area contributed by atoms with Crippen molar-refractivity contribution in [2.45, 2.75) is 11.8 Å². The Hall–Kier alpha value is -2.58. The van der Waals surface area contributed by atoms with Gasteiger partial charge >= 0.3 is 0 Å². The van der Waals surface area contributed by atoms with Crippen LogP contribution in [0.5, 0.6) is 5.75 Å². The quantitative estimate of drug-likeness (QED) is 0.401. The van der Waals surface area contributed by atoms with Gasteiger partial charge in [0.1, 0.15) is 5.75 Å². The van der Waals surface area contributed by atoms with Gasteiger partial charge < -0.3 is 4.74 Å². The van der Waals surface area contributed by atoms with Gasteiger partial charge in [-0.15, -0.1) is 6.58 Å². The minimum absolute atomic E-state index is 0.0592. The van der Waals surface area contributed by atoms with Gasteiger partial charge in [-0.1, -0.05) is 23.7 Å². The third-order valence-corrected chi connectivity index (χ3v) is 5.82. The van der Waals surface area contributed by atoms with E-state index < -0.39 is 14.9 Å². The van der Waals surface area contributed by atoms with E-state index in [1.54, 1.807) is 0 Å². The predicted molar refractivity (Wildman–Crippen MR) is 101 cm³/mol. The first-order chi connectivity index (χ1) is 12.2. The number of benzene rings is 2. The second-order valence-corrected chi connectivity index (χ2v) is 7.57. The third-order valence-electron chi connectivity index (χ3n) is 3.75. The molecule has 0 atom stereocenters. The van der Waals surface area contributed by atoms with Gasteiger partial charge in [-0.05, 0) is 31.2 Å². The highest BCUT2D eigenvalue weighted by Crippen LogP contribution is 2.34. The number of methoxy groups -OCH3 is 1. The van der Waals surface area contributed by atoms with Gasteiger partial charge in [0.15, 0.2) is 0 Å². The summed E-state index contributed by atoms with van der Waals surface area (Å²) in [5.74, 6) is 0.340. The second-order valence-electron chi connectivity index (χ2n) is 5.30. The molecule has 0 unspecified atom stereocenters. The van der Waals surface area contributed by atoms with Crippen LogP contribution in [0.1, 0.15) is 5.56 Å². The Balaban J connectivity index is 2.63. The second kappa shape index (κ2) is 7.76. The fourth-order valence-corrected chi connectivity index (χ4v) is 4.30. The molecule has 0 spiro atoms. The lowest BCUT2D eigenvalue weighted by atomic mass is 10.1. The summed E-state index contributed by atoms with van der Waals surface area (Å²) in [6.45, 7) is 5.02. The molecule has 0 saturated carbocycles. The van der Waals surface area contributed by atoms with Crippen molar-refractivity contribution in [2.24, 2.45) is 0 Å². The summed E-state index contributed by atoms with van der Waals surface area (Å²) >= 11 is 6.04. The van der Waals surface area contributed by atoms with Gasteiger partial charge in [0, 0.05) is 6.07 Å². The molecule has 0 aromatic heterocycles. The Morgan fingerprint density at radius 2 is 2.04 bits per heavy atom. The van der Waals surface area contributed by atoms with Crippen LogP contribution in [0.15, 0.2) is 53.9 Å². The average Bonchev–Trinajstić information content (AvgIpc) is 2.59. The Morgan fingerprint density at radius 3 is 2.58 bits per heavy atom. The summed E-state index contributed by atoms with van der Waals surface area (Å²) in [7, 11) is -2.61. The summed E-state index contributed by atoms with van der Waals surface area (Å²) in [6, 6.07) is 8.35. The standard InChI is InChI=1S/C17H17ClN2O5S/c1-4-10-19(15-6-5-7-16(12(15)2)20(21)22)26(23,24)13-8-9-17(25-3)14(18)11-13/h4-9,11H,1,10H2,2-3H3. The first kappa shape index (κ1) is 19.7. The molecular formula is C17H17ClN2O5S. The number of anilines is 1. The van der Waals surface area contributed by atoms with Crippen LogP contribution in [0.4, 0.5) is 11.4 Å². The van der Waals surface area contributed by atoms with Crippen LogP contribution < -0.4 is 9.04 Å². The molecule has 0 radical (unpaired) electrons. The summed E-state index contributed by atoms with van der Waals surface area (Å²) in [5, 5.41) is 11.3. The zero-order valence-corrected chi connectivity index (χ0v) is 15.7. The Morgan fingerprint density at radius 1 is 1.35 bits per heavy atom. The van der Waals surface area contributed by atoms with Crippen molar-refractivity contribution in [3.8, 4) is 5.75 Å². The van der Waals surface area contributed by atoms with E-state index in [0.717, 1.165) is 4.31 Å². The van der Waals surface area contributed by atoms with E-state index in [1.165, 1.54) is 56.5 Å². The fourth-order valence-electron chi connectivity index (χ4n) is 2.46. The number of rotatable bonds is 7. The number of sulfonamides is 1. The van der Waals surface area contributed by atoms with Gasteiger partial charge in [0.25, 0.3) is 15.7 Å². The third kappa shape index (κ3) is 3.66. The predicted octanol–water partition coefficient (Wildman–Crippen LogP) is 3.95. The maximum Gasteiger partial charge on any atom is 0.274 e. The lowest BCUT2D eigenvalue weighted by Crippen LogP contribution is -2.32. The molecule has 2 aromatic rings. The number of nitrogens with zero attached hydrogens (tertiary/aromatic N) is 2. The number of hydrogen-bond donors (Lipinski definition) is 0. The van der Waals surface area contributed by atoms with Crippen molar-refractivity contribution in [1.82, 2.24) is 0 Å². The molecule has 138 valence electrons. The maximum absolute atomic E-state index is 13.1. The van der Waals surface area contributed by atoms with Gasteiger partial charge in [-0.25, -0.2) is 8.42 Å². The molecule has 0 bridgehead atoms. The van der Waals surface area contributed by atoms with Gasteiger partial charge in [-0.3, -0.25) is 14.4 Å². The number of halogens is 1. The van der Waals surface area contributed by atoms with Crippen LogP contribution in [0.25, 0.3) is 0 Å². The molecule has 26 heavy (non-hydrogen) atoms. The van der Waals surface area contributed by atoms with Crippen molar-refractivity contribution in [3.63, 3.8) is 0 Å². The Kier molecular flexibility index (Phi) is 5.89. The van der Waals surface area contributed by atoms with Gasteiger partial charge in [0.2, 0.25) is 0 Å². The zero-order chi connectivity index (χ0) is 19.5. The molecule has 2 aromatic carbocycles. The smallest absolute Gasteiger partial charge is 0.274 e. The SMILES string of the molecule is C=CCN(c1cccc([N+](=O)[O-])c1C)S(=O)(=O)c1ccc(OC)c(Cl)c1. The van der Waals surface area contributed by atoms with Crippen molar-refractivity contribution < 1.29 is 18.1 Å². The van der Waals surface area contributed by atoms with Crippen LogP contribution in [-0.4, -0.2) is 27.0 Å². The van der Waals surface area contributed by atoms with Crippen LogP contribution in [0.3, 0.4) is 0 Å². The van der Waals surface area contributed by atoms with E-state index in [1.807, 2.05) is 0 Å². The monoisotopic (exact) mass is 396 g/mol. The minimum Gasteiger partial charge on any atom is -0.495 e. The summed E-state index contributed by atoms with van der Waals surface area (Å²) in [6.07, 6.45) is 1.40. The number of nitro groups is 1. The zero-order valence-electron chi connectivity index (χ0n) is 14.2. The van der Waals surface area contributed by atoms with Crippen LogP contribution >= 0.6 is 11.6 Å². The first-order valence-electron chi connectivity index (χ1n) is 7.45. The molecule has 0 amide bonds. The molecule has 0 aliphatic heterocycles. The van der Waals surface area contributed by atoms with E-state index >= 15 is 0 Å². The number of hydrogen-bond acceptors (Lipinski definition) is 5. The van der Waals surface area contributed by atoms with E-state index in [0.29, 0.717) is 5.75 Å². The topological polar surface area (TPSA) is 89.8 Å². The van der Waals surface area contributed by atoms with Gasteiger partial charge in [-0.2, -0.15) is 0 Å². The molecule has 0 heterocycles. The van der Waals surface area contributed by atoms with Crippen molar-refractivity contribution >= 4 is 33.0 Å². The normalized spacial score (nSPS) is 11.0. The molecule has 0 fully saturated rings. The highest BCUT2D eigenvalue weighted by molar-refractivity contribution is 7.92. The maximum atomic E-state index is 13.1. The highest BCUT2D eigenvalue weighted by Gasteiger charge is 2.28. The summed E-state index contributed by atoms with van der Waals surface area (Å²) in [4.78, 5) is 10.6. The molecule has 0 aliphatic carbocycles. The van der Waals surface area contributed by atoms with Crippen LogP contribution in [0.2, 0.25) is 5.02 Å².